The summed E-state index contributed by atoms with van der Waals surface area (Å²) in [5.74, 6) is 0.932. The minimum atomic E-state index is -0.620. The zero-order valence-electron chi connectivity index (χ0n) is 13.4. The van der Waals surface area contributed by atoms with Crippen molar-refractivity contribution in [1.29, 1.82) is 0 Å². The number of hydrogen-bond donors (Lipinski definition) is 0. The van der Waals surface area contributed by atoms with E-state index < -0.39 is 5.60 Å². The number of carbonyl (C=O) groups excluding carboxylic acids is 1. The van der Waals surface area contributed by atoms with E-state index in [4.69, 9.17) is 9.47 Å². The Morgan fingerprint density at radius 1 is 1.19 bits per heavy atom. The SMILES string of the molecule is CCOC1(C(=O)c2ccc(OC)cc2C)CCCCCC1. The Morgan fingerprint density at radius 3 is 2.38 bits per heavy atom. The van der Waals surface area contributed by atoms with Gasteiger partial charge < -0.3 is 9.47 Å². The Balaban J connectivity index is 2.33. The molecule has 0 bridgehead atoms. The first-order chi connectivity index (χ1) is 10.1. The second kappa shape index (κ2) is 7.08. The van der Waals surface area contributed by atoms with Gasteiger partial charge in [0.1, 0.15) is 11.4 Å². The lowest BCUT2D eigenvalue weighted by Crippen LogP contribution is -2.41. The van der Waals surface area contributed by atoms with Gasteiger partial charge in [0.05, 0.1) is 7.11 Å². The van der Waals surface area contributed by atoms with Crippen LogP contribution in [-0.4, -0.2) is 25.1 Å². The molecule has 3 heteroatoms. The minimum absolute atomic E-state index is 0.145. The van der Waals surface area contributed by atoms with Gasteiger partial charge in [-0.3, -0.25) is 4.79 Å². The molecule has 21 heavy (non-hydrogen) atoms. The Morgan fingerprint density at radius 2 is 1.86 bits per heavy atom. The van der Waals surface area contributed by atoms with Gasteiger partial charge in [0.25, 0.3) is 0 Å². The summed E-state index contributed by atoms with van der Waals surface area (Å²) in [6.45, 7) is 4.52. The molecule has 0 aliphatic heterocycles. The Kier molecular flexibility index (Phi) is 5.40. The van der Waals surface area contributed by atoms with Gasteiger partial charge >= 0.3 is 0 Å². The third kappa shape index (κ3) is 3.46. The molecule has 1 aliphatic rings. The molecular formula is C18H26O3. The maximum absolute atomic E-state index is 13.1. The smallest absolute Gasteiger partial charge is 0.194 e. The lowest BCUT2D eigenvalue weighted by Gasteiger charge is -2.31. The number of aryl methyl sites for hydroxylation is 1. The van der Waals surface area contributed by atoms with Crippen molar-refractivity contribution in [3.05, 3.63) is 29.3 Å². The monoisotopic (exact) mass is 290 g/mol. The average molecular weight is 290 g/mol. The molecule has 0 amide bonds. The summed E-state index contributed by atoms with van der Waals surface area (Å²) in [5, 5.41) is 0. The normalized spacial score (nSPS) is 18.0. The maximum Gasteiger partial charge on any atom is 0.194 e. The molecule has 0 saturated heterocycles. The largest absolute Gasteiger partial charge is 0.497 e. The second-order valence-electron chi connectivity index (χ2n) is 5.85. The fraction of sp³-hybridized carbons (Fsp3) is 0.611. The third-order valence-corrected chi connectivity index (χ3v) is 4.42. The lowest BCUT2D eigenvalue weighted by atomic mass is 9.84. The predicted octanol–water partition coefficient (Wildman–Crippen LogP) is 4.32. The van der Waals surface area contributed by atoms with E-state index in [1.807, 2.05) is 32.0 Å². The Bertz CT molecular complexity index is 485. The zero-order valence-corrected chi connectivity index (χ0v) is 13.4. The van der Waals surface area contributed by atoms with Crippen molar-refractivity contribution in [2.75, 3.05) is 13.7 Å². The van der Waals surface area contributed by atoms with Crippen molar-refractivity contribution in [1.82, 2.24) is 0 Å². The van der Waals surface area contributed by atoms with Crippen LogP contribution in [-0.2, 0) is 4.74 Å². The van der Waals surface area contributed by atoms with E-state index in [1.165, 1.54) is 12.8 Å². The summed E-state index contributed by atoms with van der Waals surface area (Å²) in [7, 11) is 1.64. The van der Waals surface area contributed by atoms with Crippen molar-refractivity contribution in [2.24, 2.45) is 0 Å². The fourth-order valence-electron chi connectivity index (χ4n) is 3.28. The van der Waals surface area contributed by atoms with Gasteiger partial charge in [-0.25, -0.2) is 0 Å². The molecule has 1 saturated carbocycles. The average Bonchev–Trinajstić information content (AvgIpc) is 2.73. The van der Waals surface area contributed by atoms with E-state index in [2.05, 4.69) is 0 Å². The van der Waals surface area contributed by atoms with E-state index in [0.29, 0.717) is 6.61 Å². The van der Waals surface area contributed by atoms with Crippen LogP contribution in [0.5, 0.6) is 5.75 Å². The van der Waals surface area contributed by atoms with Gasteiger partial charge in [-0.05, 0) is 50.5 Å². The molecule has 0 spiro atoms. The van der Waals surface area contributed by atoms with Crippen LogP contribution < -0.4 is 4.74 Å². The highest BCUT2D eigenvalue weighted by Gasteiger charge is 2.40. The first-order valence-corrected chi connectivity index (χ1v) is 7.96. The highest BCUT2D eigenvalue weighted by molar-refractivity contribution is 6.03. The minimum Gasteiger partial charge on any atom is -0.497 e. The first kappa shape index (κ1) is 16.0. The van der Waals surface area contributed by atoms with Gasteiger partial charge in [0.2, 0.25) is 0 Å². The molecule has 116 valence electrons. The standard InChI is InChI=1S/C18H26O3/c1-4-21-18(11-7-5-6-8-12-18)17(19)16-10-9-15(20-3)13-14(16)2/h9-10,13H,4-8,11-12H2,1-3H3. The number of Topliss-reactive ketones (excluding diaryl/α,β-unsaturated/α-hetero) is 1. The number of carbonyl (C=O) groups is 1. The predicted molar refractivity (Wildman–Crippen MR) is 84.1 cm³/mol. The van der Waals surface area contributed by atoms with Crippen molar-refractivity contribution in [3.63, 3.8) is 0 Å². The molecule has 0 N–H and O–H groups in total. The second-order valence-corrected chi connectivity index (χ2v) is 5.85. The highest BCUT2D eigenvalue weighted by atomic mass is 16.5. The number of benzene rings is 1. The van der Waals surface area contributed by atoms with E-state index in [0.717, 1.165) is 42.6 Å². The summed E-state index contributed by atoms with van der Waals surface area (Å²) in [6.07, 6.45) is 6.21. The van der Waals surface area contributed by atoms with Crippen molar-refractivity contribution in [3.8, 4) is 5.75 Å². The molecule has 0 atom stereocenters. The topological polar surface area (TPSA) is 35.5 Å². The van der Waals surface area contributed by atoms with E-state index >= 15 is 0 Å². The van der Waals surface area contributed by atoms with Gasteiger partial charge in [0.15, 0.2) is 5.78 Å². The van der Waals surface area contributed by atoms with E-state index in [-0.39, 0.29) is 5.78 Å². The van der Waals surface area contributed by atoms with Crippen molar-refractivity contribution < 1.29 is 14.3 Å². The number of hydrogen-bond acceptors (Lipinski definition) is 3. The Hall–Kier alpha value is -1.35. The van der Waals surface area contributed by atoms with Gasteiger partial charge in [-0.1, -0.05) is 25.7 Å². The number of ether oxygens (including phenoxy) is 2. The van der Waals surface area contributed by atoms with Crippen LogP contribution in [0.15, 0.2) is 18.2 Å². The highest BCUT2D eigenvalue weighted by Crippen LogP contribution is 2.35. The summed E-state index contributed by atoms with van der Waals surface area (Å²) < 4.78 is 11.2. The van der Waals surface area contributed by atoms with Gasteiger partial charge in [0, 0.05) is 12.2 Å². The molecule has 1 aliphatic carbocycles. The van der Waals surface area contributed by atoms with E-state index in [9.17, 15) is 4.79 Å². The van der Waals surface area contributed by atoms with Crippen LogP contribution in [0, 0.1) is 6.92 Å². The number of rotatable bonds is 5. The molecule has 0 unspecified atom stereocenters. The number of ketones is 1. The summed E-state index contributed by atoms with van der Waals surface area (Å²) in [5.41, 5.74) is 1.11. The van der Waals surface area contributed by atoms with Crippen LogP contribution >= 0.6 is 0 Å². The molecular weight excluding hydrogens is 264 g/mol. The molecule has 1 aromatic carbocycles. The van der Waals surface area contributed by atoms with Gasteiger partial charge in [-0.15, -0.1) is 0 Å². The number of methoxy groups -OCH3 is 1. The van der Waals surface area contributed by atoms with Crippen LogP contribution in [0.25, 0.3) is 0 Å². The summed E-state index contributed by atoms with van der Waals surface area (Å²) >= 11 is 0. The molecule has 2 rings (SSSR count). The van der Waals surface area contributed by atoms with Crippen LogP contribution in [0.4, 0.5) is 0 Å². The molecule has 1 fully saturated rings. The molecule has 1 aromatic rings. The fourth-order valence-corrected chi connectivity index (χ4v) is 3.28. The first-order valence-electron chi connectivity index (χ1n) is 7.96. The van der Waals surface area contributed by atoms with Crippen LogP contribution in [0.1, 0.15) is 61.4 Å². The molecule has 0 heterocycles. The quantitative estimate of drug-likeness (QED) is 0.598. The Labute approximate surface area is 127 Å². The summed E-state index contributed by atoms with van der Waals surface area (Å²) in [6, 6.07) is 5.66. The molecule has 3 nitrogen and oxygen atoms in total. The zero-order chi connectivity index (χ0) is 15.3. The lowest BCUT2D eigenvalue weighted by molar-refractivity contribution is -0.0292. The van der Waals surface area contributed by atoms with Crippen LogP contribution in [0.2, 0.25) is 0 Å². The molecule has 0 radical (unpaired) electrons. The van der Waals surface area contributed by atoms with E-state index in [1.54, 1.807) is 7.11 Å². The summed E-state index contributed by atoms with van der Waals surface area (Å²) in [4.78, 5) is 13.1. The van der Waals surface area contributed by atoms with Gasteiger partial charge in [-0.2, -0.15) is 0 Å². The maximum atomic E-state index is 13.1. The van der Waals surface area contributed by atoms with Crippen LogP contribution in [0.3, 0.4) is 0 Å². The van der Waals surface area contributed by atoms with Crippen molar-refractivity contribution >= 4 is 5.78 Å². The molecule has 0 aromatic heterocycles. The van der Waals surface area contributed by atoms with Crippen molar-refractivity contribution in [2.45, 2.75) is 58.0 Å². The third-order valence-electron chi connectivity index (χ3n) is 4.42.